The van der Waals surface area contributed by atoms with E-state index < -0.39 is 0 Å². The van der Waals surface area contributed by atoms with Crippen molar-refractivity contribution in [1.29, 1.82) is 0 Å². The number of nitrogens with zero attached hydrogens (tertiary/aromatic N) is 1. The van der Waals surface area contributed by atoms with Gasteiger partial charge >= 0.3 is 0 Å². The Bertz CT molecular complexity index is 915. The Morgan fingerprint density at radius 3 is 2.60 bits per heavy atom. The van der Waals surface area contributed by atoms with Crippen molar-refractivity contribution < 1.29 is 4.79 Å². The van der Waals surface area contributed by atoms with Crippen LogP contribution in [0.1, 0.15) is 16.7 Å². The number of hydrogen-bond acceptors (Lipinski definition) is 3. The maximum Gasteiger partial charge on any atom is 0.228 e. The van der Waals surface area contributed by atoms with Gasteiger partial charge in [0.15, 0.2) is 0 Å². The SMILES string of the molecule is Cc1ccc(CNc2ccc(-c3ccc4c(c3)NC(=O)C4)cn2)cc1. The van der Waals surface area contributed by atoms with E-state index in [4.69, 9.17) is 0 Å². The van der Waals surface area contributed by atoms with Crippen LogP contribution in [0.25, 0.3) is 11.1 Å². The molecule has 0 fully saturated rings. The van der Waals surface area contributed by atoms with Crippen molar-refractivity contribution in [3.05, 3.63) is 77.5 Å². The summed E-state index contributed by atoms with van der Waals surface area (Å²) in [6.07, 6.45) is 2.33. The van der Waals surface area contributed by atoms with Gasteiger partial charge in [0.1, 0.15) is 5.82 Å². The molecule has 2 N–H and O–H groups in total. The summed E-state index contributed by atoms with van der Waals surface area (Å²) in [5.74, 6) is 0.903. The summed E-state index contributed by atoms with van der Waals surface area (Å²) in [6, 6.07) is 18.5. The number of benzene rings is 2. The smallest absolute Gasteiger partial charge is 0.228 e. The van der Waals surface area contributed by atoms with Gasteiger partial charge in [-0.1, -0.05) is 42.0 Å². The molecule has 0 aliphatic carbocycles. The molecule has 25 heavy (non-hydrogen) atoms. The normalized spacial score (nSPS) is 12.6. The number of aromatic nitrogens is 1. The summed E-state index contributed by atoms with van der Waals surface area (Å²) >= 11 is 0. The lowest BCUT2D eigenvalue weighted by Crippen LogP contribution is -2.03. The molecule has 1 amide bonds. The highest BCUT2D eigenvalue weighted by Gasteiger charge is 2.17. The molecule has 0 atom stereocenters. The third kappa shape index (κ3) is 3.38. The molecule has 3 aromatic rings. The minimum atomic E-state index is 0.0564. The summed E-state index contributed by atoms with van der Waals surface area (Å²) in [4.78, 5) is 16.0. The summed E-state index contributed by atoms with van der Waals surface area (Å²) in [6.45, 7) is 2.83. The molecule has 124 valence electrons. The number of hydrogen-bond donors (Lipinski definition) is 2. The molecule has 1 aliphatic heterocycles. The zero-order chi connectivity index (χ0) is 17.2. The van der Waals surface area contributed by atoms with E-state index in [1.807, 2.05) is 36.5 Å². The zero-order valence-corrected chi connectivity index (χ0v) is 14.0. The van der Waals surface area contributed by atoms with E-state index in [0.717, 1.165) is 34.7 Å². The number of pyridine rings is 1. The second-order valence-corrected chi connectivity index (χ2v) is 6.37. The lowest BCUT2D eigenvalue weighted by atomic mass is 10.0. The highest BCUT2D eigenvalue weighted by Crippen LogP contribution is 2.29. The first-order valence-electron chi connectivity index (χ1n) is 8.36. The van der Waals surface area contributed by atoms with Crippen LogP contribution >= 0.6 is 0 Å². The van der Waals surface area contributed by atoms with E-state index in [2.05, 4.69) is 46.8 Å². The molecule has 1 aliphatic rings. The average Bonchev–Trinajstić information content (AvgIpc) is 3.01. The second-order valence-electron chi connectivity index (χ2n) is 6.37. The molecule has 4 rings (SSSR count). The van der Waals surface area contributed by atoms with Crippen LogP contribution in [0.5, 0.6) is 0 Å². The second kappa shape index (κ2) is 6.40. The average molecular weight is 329 g/mol. The van der Waals surface area contributed by atoms with E-state index in [1.54, 1.807) is 0 Å². The molecule has 0 spiro atoms. The van der Waals surface area contributed by atoms with Crippen molar-refractivity contribution in [1.82, 2.24) is 4.98 Å². The van der Waals surface area contributed by atoms with Gasteiger partial charge in [0, 0.05) is 24.0 Å². The fourth-order valence-electron chi connectivity index (χ4n) is 2.96. The van der Waals surface area contributed by atoms with Crippen LogP contribution in [0, 0.1) is 6.92 Å². The number of fused-ring (bicyclic) bond motifs is 1. The lowest BCUT2D eigenvalue weighted by molar-refractivity contribution is -0.115. The van der Waals surface area contributed by atoms with Crippen LogP contribution in [-0.4, -0.2) is 10.9 Å². The van der Waals surface area contributed by atoms with Gasteiger partial charge in [-0.05, 0) is 41.8 Å². The predicted octanol–water partition coefficient (Wildman–Crippen LogP) is 4.16. The van der Waals surface area contributed by atoms with Crippen molar-refractivity contribution in [2.24, 2.45) is 0 Å². The van der Waals surface area contributed by atoms with Crippen LogP contribution in [0.3, 0.4) is 0 Å². The summed E-state index contributed by atoms with van der Waals surface area (Å²) in [5.41, 5.74) is 6.54. The topological polar surface area (TPSA) is 54.0 Å². The molecule has 0 bridgehead atoms. The number of carbonyl (C=O) groups excluding carboxylic acids is 1. The molecule has 4 nitrogen and oxygen atoms in total. The van der Waals surface area contributed by atoms with Gasteiger partial charge in [-0.2, -0.15) is 0 Å². The van der Waals surface area contributed by atoms with E-state index in [-0.39, 0.29) is 5.91 Å². The molecule has 2 heterocycles. The van der Waals surface area contributed by atoms with E-state index >= 15 is 0 Å². The first-order chi connectivity index (χ1) is 12.2. The number of carbonyl (C=O) groups is 1. The molecular formula is C21H19N3O. The largest absolute Gasteiger partial charge is 0.366 e. The van der Waals surface area contributed by atoms with Crippen molar-refractivity contribution in [3.8, 4) is 11.1 Å². The third-order valence-electron chi connectivity index (χ3n) is 4.43. The summed E-state index contributed by atoms with van der Waals surface area (Å²) < 4.78 is 0. The van der Waals surface area contributed by atoms with Gasteiger partial charge in [-0.25, -0.2) is 4.98 Å². The van der Waals surface area contributed by atoms with Gasteiger partial charge in [0.05, 0.1) is 6.42 Å². The minimum Gasteiger partial charge on any atom is -0.366 e. The van der Waals surface area contributed by atoms with Crippen molar-refractivity contribution in [3.63, 3.8) is 0 Å². The fraction of sp³-hybridized carbons (Fsp3) is 0.143. The van der Waals surface area contributed by atoms with Crippen LogP contribution in [0.2, 0.25) is 0 Å². The van der Waals surface area contributed by atoms with Crippen LogP contribution in [-0.2, 0) is 17.8 Å². The van der Waals surface area contributed by atoms with Crippen LogP contribution in [0.15, 0.2) is 60.8 Å². The monoisotopic (exact) mass is 329 g/mol. The Balaban J connectivity index is 1.46. The molecule has 1 aromatic heterocycles. The molecule has 0 saturated heterocycles. The molecule has 0 unspecified atom stereocenters. The van der Waals surface area contributed by atoms with Gasteiger partial charge in [-0.3, -0.25) is 4.79 Å². The first kappa shape index (κ1) is 15.4. The molecular weight excluding hydrogens is 310 g/mol. The Hall–Kier alpha value is -3.14. The lowest BCUT2D eigenvalue weighted by Gasteiger charge is -2.08. The van der Waals surface area contributed by atoms with E-state index in [9.17, 15) is 4.79 Å². The standard InChI is InChI=1S/C21H19N3O/c1-14-2-4-15(5-3-14)12-22-20-9-8-18(13-23-20)16-6-7-17-11-21(25)24-19(17)10-16/h2-10,13H,11-12H2,1H3,(H,22,23)(H,24,25). The van der Waals surface area contributed by atoms with Gasteiger partial charge in [-0.15, -0.1) is 0 Å². The van der Waals surface area contributed by atoms with Crippen molar-refractivity contribution >= 4 is 17.4 Å². The molecule has 0 radical (unpaired) electrons. The van der Waals surface area contributed by atoms with Crippen molar-refractivity contribution in [2.75, 3.05) is 10.6 Å². The minimum absolute atomic E-state index is 0.0564. The Kier molecular flexibility index (Phi) is 3.94. The number of amides is 1. The maximum absolute atomic E-state index is 11.5. The number of nitrogens with one attached hydrogen (secondary N) is 2. The van der Waals surface area contributed by atoms with Gasteiger partial charge in [0.2, 0.25) is 5.91 Å². The Morgan fingerprint density at radius 1 is 1.04 bits per heavy atom. The molecule has 0 saturated carbocycles. The highest BCUT2D eigenvalue weighted by atomic mass is 16.1. The molecule has 4 heteroatoms. The summed E-state index contributed by atoms with van der Waals surface area (Å²) in [5, 5.41) is 6.23. The predicted molar refractivity (Wildman–Crippen MR) is 101 cm³/mol. The Labute approximate surface area is 146 Å². The maximum atomic E-state index is 11.5. The highest BCUT2D eigenvalue weighted by molar-refractivity contribution is 5.99. The number of anilines is 2. The quantitative estimate of drug-likeness (QED) is 0.755. The van der Waals surface area contributed by atoms with Crippen LogP contribution in [0.4, 0.5) is 11.5 Å². The first-order valence-corrected chi connectivity index (χ1v) is 8.36. The van der Waals surface area contributed by atoms with Gasteiger partial charge < -0.3 is 10.6 Å². The van der Waals surface area contributed by atoms with Gasteiger partial charge in [0.25, 0.3) is 0 Å². The van der Waals surface area contributed by atoms with Crippen LogP contribution < -0.4 is 10.6 Å². The zero-order valence-electron chi connectivity index (χ0n) is 14.0. The fourth-order valence-corrected chi connectivity index (χ4v) is 2.96. The third-order valence-corrected chi connectivity index (χ3v) is 4.43. The Morgan fingerprint density at radius 2 is 1.84 bits per heavy atom. The number of aryl methyl sites for hydroxylation is 1. The van der Waals surface area contributed by atoms with Crippen molar-refractivity contribution in [2.45, 2.75) is 19.9 Å². The number of rotatable bonds is 4. The van der Waals surface area contributed by atoms with E-state index in [0.29, 0.717) is 6.42 Å². The van der Waals surface area contributed by atoms with E-state index in [1.165, 1.54) is 11.1 Å². The molecule has 2 aromatic carbocycles. The summed E-state index contributed by atoms with van der Waals surface area (Å²) in [7, 11) is 0.